The third-order valence-corrected chi connectivity index (χ3v) is 8.30. The Hall–Kier alpha value is -4.23. The summed E-state index contributed by atoms with van der Waals surface area (Å²) in [5, 5.41) is 24.8. The second-order valence-corrected chi connectivity index (χ2v) is 11.0. The van der Waals surface area contributed by atoms with Crippen LogP contribution in [0.5, 0.6) is 0 Å². The number of anilines is 1. The number of hydrogen-bond acceptors (Lipinski definition) is 10. The fourth-order valence-corrected chi connectivity index (χ4v) is 5.81. The lowest BCUT2D eigenvalue weighted by Crippen LogP contribution is -2.38. The minimum atomic E-state index is -0.636. The first-order valence-electron chi connectivity index (χ1n) is 13.5. The minimum Gasteiger partial charge on any atom is -0.392 e. The number of carbonyl (C=O) groups is 1. The van der Waals surface area contributed by atoms with Crippen LogP contribution in [0.3, 0.4) is 0 Å². The van der Waals surface area contributed by atoms with Gasteiger partial charge in [-0.2, -0.15) is 0 Å². The molecule has 0 spiro atoms. The molecular weight excluding hydrogens is 554 g/mol. The molecule has 3 aromatic carbocycles. The molecule has 1 amide bonds. The lowest BCUT2D eigenvalue weighted by Gasteiger charge is -2.41. The molecule has 1 aliphatic heterocycles. The van der Waals surface area contributed by atoms with Gasteiger partial charge in [0, 0.05) is 30.0 Å². The Morgan fingerprint density at radius 3 is 2.45 bits per heavy atom. The van der Waals surface area contributed by atoms with Crippen molar-refractivity contribution < 1.29 is 19.4 Å². The number of hydrogen-bond donors (Lipinski definition) is 2. The predicted octanol–water partition coefficient (Wildman–Crippen LogP) is 4.48. The van der Waals surface area contributed by atoms with Crippen LogP contribution in [0.1, 0.15) is 46.5 Å². The van der Waals surface area contributed by atoms with E-state index >= 15 is 0 Å². The maximum absolute atomic E-state index is 12.9. The monoisotopic (exact) mass is 583 g/mol. The van der Waals surface area contributed by atoms with Crippen molar-refractivity contribution in [1.29, 1.82) is 0 Å². The Kier molecular flexibility index (Phi) is 8.20. The van der Waals surface area contributed by atoms with Crippen LogP contribution >= 0.6 is 11.8 Å². The van der Waals surface area contributed by atoms with Crippen LogP contribution in [0.2, 0.25) is 0 Å². The molecule has 0 radical (unpaired) electrons. The quantitative estimate of drug-likeness (QED) is 0.252. The molecule has 214 valence electrons. The van der Waals surface area contributed by atoms with E-state index < -0.39 is 6.29 Å². The SMILES string of the molecule is C[C@@H]1[C@H](CSc2nnnn2C)O[C@H](c2ccc(NC(=O)c3cnc4ccccc4n3)cc2)O[C@@H]1c1ccc(CO)cc1. The average molecular weight is 584 g/mol. The molecule has 42 heavy (non-hydrogen) atoms. The number of nitrogens with one attached hydrogen (secondary N) is 1. The van der Waals surface area contributed by atoms with Gasteiger partial charge in [0.2, 0.25) is 5.16 Å². The molecule has 2 N–H and O–H groups in total. The summed E-state index contributed by atoms with van der Waals surface area (Å²) in [4.78, 5) is 21.6. The number of aryl methyl sites for hydroxylation is 1. The number of carbonyl (C=O) groups excluding carboxylic acids is 1. The van der Waals surface area contributed by atoms with E-state index in [1.807, 2.05) is 72.8 Å². The zero-order valence-electron chi connectivity index (χ0n) is 23.0. The van der Waals surface area contributed by atoms with Crippen LogP contribution in [0.15, 0.2) is 84.1 Å². The molecule has 3 heterocycles. The number of rotatable bonds is 8. The van der Waals surface area contributed by atoms with E-state index in [2.05, 4.69) is 37.7 Å². The molecule has 5 aromatic rings. The molecule has 0 unspecified atom stereocenters. The summed E-state index contributed by atoms with van der Waals surface area (Å²) in [6.07, 6.45) is 0.423. The number of tetrazole rings is 1. The van der Waals surface area contributed by atoms with Crippen LogP contribution < -0.4 is 5.32 Å². The molecule has 11 nitrogen and oxygen atoms in total. The molecule has 1 aliphatic rings. The van der Waals surface area contributed by atoms with Crippen LogP contribution in [0.25, 0.3) is 11.0 Å². The topological polar surface area (TPSA) is 137 Å². The molecule has 4 atom stereocenters. The number of nitrogens with zero attached hydrogens (tertiary/aromatic N) is 6. The van der Waals surface area contributed by atoms with Crippen LogP contribution in [0, 0.1) is 5.92 Å². The van der Waals surface area contributed by atoms with Crippen molar-refractivity contribution in [2.45, 2.75) is 37.2 Å². The van der Waals surface area contributed by atoms with E-state index in [1.54, 1.807) is 11.7 Å². The van der Waals surface area contributed by atoms with E-state index in [4.69, 9.17) is 9.47 Å². The van der Waals surface area contributed by atoms with E-state index in [0.717, 1.165) is 22.2 Å². The summed E-state index contributed by atoms with van der Waals surface area (Å²) < 4.78 is 14.6. The Labute approximate surface area is 246 Å². The van der Waals surface area contributed by atoms with Crippen molar-refractivity contribution in [3.63, 3.8) is 0 Å². The largest absolute Gasteiger partial charge is 0.392 e. The Morgan fingerprint density at radius 2 is 1.74 bits per heavy atom. The second kappa shape index (κ2) is 12.3. The highest BCUT2D eigenvalue weighted by atomic mass is 32.2. The predicted molar refractivity (Wildman–Crippen MR) is 156 cm³/mol. The van der Waals surface area contributed by atoms with Crippen molar-refractivity contribution in [2.75, 3.05) is 11.1 Å². The second-order valence-electron chi connectivity index (χ2n) is 10.0. The van der Waals surface area contributed by atoms with Gasteiger partial charge in [-0.3, -0.25) is 9.78 Å². The number of benzene rings is 3. The van der Waals surface area contributed by atoms with Crippen LogP contribution in [-0.4, -0.2) is 53.0 Å². The highest BCUT2D eigenvalue weighted by Gasteiger charge is 2.38. The normalized spacial score (nSPS) is 20.5. The van der Waals surface area contributed by atoms with Crippen molar-refractivity contribution in [3.8, 4) is 0 Å². The molecular formula is C30H29N7O4S. The number of amides is 1. The molecule has 1 fully saturated rings. The van der Waals surface area contributed by atoms with Gasteiger partial charge in [0.15, 0.2) is 6.29 Å². The average Bonchev–Trinajstić information content (AvgIpc) is 3.45. The summed E-state index contributed by atoms with van der Waals surface area (Å²) in [5.74, 6) is 0.305. The van der Waals surface area contributed by atoms with Gasteiger partial charge in [0.25, 0.3) is 5.91 Å². The molecule has 2 aromatic heterocycles. The van der Waals surface area contributed by atoms with Gasteiger partial charge in [-0.1, -0.05) is 67.2 Å². The van der Waals surface area contributed by atoms with Crippen molar-refractivity contribution in [2.24, 2.45) is 13.0 Å². The fraction of sp³-hybridized carbons (Fsp3) is 0.267. The van der Waals surface area contributed by atoms with Crippen molar-refractivity contribution in [1.82, 2.24) is 30.2 Å². The number of ether oxygens (including phenoxy) is 2. The van der Waals surface area contributed by atoms with E-state index in [1.165, 1.54) is 18.0 Å². The van der Waals surface area contributed by atoms with Crippen LogP contribution in [-0.2, 0) is 23.1 Å². The molecule has 0 saturated carbocycles. The molecule has 6 rings (SSSR count). The Balaban J connectivity index is 1.19. The smallest absolute Gasteiger partial charge is 0.275 e. The molecule has 0 bridgehead atoms. The third-order valence-electron chi connectivity index (χ3n) is 7.20. The maximum Gasteiger partial charge on any atom is 0.275 e. The zero-order chi connectivity index (χ0) is 29.1. The van der Waals surface area contributed by atoms with Gasteiger partial charge >= 0.3 is 0 Å². The zero-order valence-corrected chi connectivity index (χ0v) is 23.8. The van der Waals surface area contributed by atoms with Gasteiger partial charge in [0.1, 0.15) is 5.69 Å². The highest BCUT2D eigenvalue weighted by molar-refractivity contribution is 7.99. The van der Waals surface area contributed by atoms with Gasteiger partial charge in [-0.15, -0.1) is 5.10 Å². The lowest BCUT2D eigenvalue weighted by atomic mass is 9.91. The standard InChI is InChI=1S/C30H29N7O4S/c1-18-26(17-42-30-34-35-36-37(30)2)40-29(41-27(18)20-9-7-19(16-38)8-10-20)21-11-13-22(14-12-21)32-28(39)25-15-31-23-5-3-4-6-24(23)33-25/h3-15,18,26-27,29,38H,16-17H2,1-2H3,(H,32,39)/t18-,26+,27+,29+/m1/s1. The van der Waals surface area contributed by atoms with Crippen molar-refractivity contribution >= 4 is 34.4 Å². The van der Waals surface area contributed by atoms with Crippen molar-refractivity contribution in [3.05, 3.63) is 101 Å². The number of para-hydroxylation sites is 2. The number of aliphatic hydroxyl groups is 1. The summed E-state index contributed by atoms with van der Waals surface area (Å²) in [6, 6.07) is 22.6. The van der Waals surface area contributed by atoms with Gasteiger partial charge < -0.3 is 19.9 Å². The summed E-state index contributed by atoms with van der Waals surface area (Å²) in [6.45, 7) is 2.09. The Bertz CT molecular complexity index is 1680. The first kappa shape index (κ1) is 27.9. The number of fused-ring (bicyclic) bond motifs is 1. The maximum atomic E-state index is 12.9. The molecule has 0 aliphatic carbocycles. The lowest BCUT2D eigenvalue weighted by molar-refractivity contribution is -0.268. The van der Waals surface area contributed by atoms with E-state index in [9.17, 15) is 9.90 Å². The van der Waals surface area contributed by atoms with Gasteiger partial charge in [-0.05, 0) is 45.8 Å². The molecule has 12 heteroatoms. The number of thioether (sulfide) groups is 1. The number of aliphatic hydroxyl groups excluding tert-OH is 1. The van der Waals surface area contributed by atoms with Gasteiger partial charge in [0.05, 0.1) is 36.0 Å². The van der Waals surface area contributed by atoms with Crippen LogP contribution in [0.4, 0.5) is 5.69 Å². The summed E-state index contributed by atoms with van der Waals surface area (Å²) in [5.41, 5.74) is 4.89. The summed E-state index contributed by atoms with van der Waals surface area (Å²) >= 11 is 1.53. The first-order valence-corrected chi connectivity index (χ1v) is 14.5. The number of aromatic nitrogens is 6. The third kappa shape index (κ3) is 6.02. The van der Waals surface area contributed by atoms with Gasteiger partial charge in [-0.25, -0.2) is 9.67 Å². The minimum absolute atomic E-state index is 0.0194. The summed E-state index contributed by atoms with van der Waals surface area (Å²) in [7, 11) is 1.80. The van der Waals surface area contributed by atoms with E-state index in [-0.39, 0.29) is 36.3 Å². The first-order chi connectivity index (χ1) is 20.5. The van der Waals surface area contributed by atoms with E-state index in [0.29, 0.717) is 22.1 Å². The Morgan fingerprint density at radius 1 is 1.00 bits per heavy atom. The molecule has 1 saturated heterocycles. The highest BCUT2D eigenvalue weighted by Crippen LogP contribution is 2.43. The fourth-order valence-electron chi connectivity index (χ4n) is 4.80.